The number of halogens is 2. The predicted octanol–water partition coefficient (Wildman–Crippen LogP) is 5.92. The molecule has 0 aliphatic rings. The van der Waals surface area contributed by atoms with Crippen LogP contribution in [0.1, 0.15) is 40.5 Å². The van der Waals surface area contributed by atoms with E-state index in [2.05, 4.69) is 15.1 Å². The van der Waals surface area contributed by atoms with Gasteiger partial charge in [-0.05, 0) is 63.1 Å². The maximum Gasteiger partial charge on any atom is 0.328 e. The molecule has 0 saturated carbocycles. The fraction of sp³-hybridized carbons (Fsp3) is 0.240. The van der Waals surface area contributed by atoms with Gasteiger partial charge in [0.05, 0.1) is 6.61 Å². The van der Waals surface area contributed by atoms with Crippen LogP contribution in [0.4, 0.5) is 15.2 Å². The molecule has 186 valence electrons. The van der Waals surface area contributed by atoms with E-state index in [0.29, 0.717) is 5.69 Å². The molecule has 0 aliphatic heterocycles. The van der Waals surface area contributed by atoms with E-state index in [1.165, 1.54) is 29.2 Å². The van der Waals surface area contributed by atoms with Crippen molar-refractivity contribution in [3.05, 3.63) is 75.3 Å². The quantitative estimate of drug-likeness (QED) is 0.205. The second kappa shape index (κ2) is 10.5. The molecule has 2 aromatic carbocycles. The minimum absolute atomic E-state index is 0.0611. The van der Waals surface area contributed by atoms with Gasteiger partial charge in [0.25, 0.3) is 11.7 Å². The maximum atomic E-state index is 13.6. The lowest BCUT2D eigenvalue weighted by Crippen LogP contribution is -2.36. The summed E-state index contributed by atoms with van der Waals surface area (Å²) < 4.78 is 24.0. The summed E-state index contributed by atoms with van der Waals surface area (Å²) >= 11 is 7.30. The van der Waals surface area contributed by atoms with Crippen molar-refractivity contribution < 1.29 is 23.2 Å². The van der Waals surface area contributed by atoms with Crippen LogP contribution in [-0.2, 0) is 9.53 Å². The molecule has 0 N–H and O–H groups in total. The summed E-state index contributed by atoms with van der Waals surface area (Å²) in [7, 11) is 0. The van der Waals surface area contributed by atoms with Crippen molar-refractivity contribution in [1.29, 1.82) is 0 Å². The Morgan fingerprint density at radius 1 is 1.17 bits per heavy atom. The zero-order chi connectivity index (χ0) is 26.0. The Morgan fingerprint density at radius 3 is 2.58 bits per heavy atom. The number of hydrogen-bond acceptors (Lipinski definition) is 9. The molecule has 4 rings (SSSR count). The first-order valence-electron chi connectivity index (χ1n) is 11.0. The summed E-state index contributed by atoms with van der Waals surface area (Å²) in [5.41, 5.74) is 3.24. The van der Waals surface area contributed by atoms with Crippen molar-refractivity contribution in [3.63, 3.8) is 0 Å². The van der Waals surface area contributed by atoms with Gasteiger partial charge < -0.3 is 14.2 Å². The second-order valence-electron chi connectivity index (χ2n) is 7.89. The fourth-order valence-corrected chi connectivity index (χ4v) is 4.84. The van der Waals surface area contributed by atoms with Crippen molar-refractivity contribution >= 4 is 45.5 Å². The third-order valence-corrected chi connectivity index (χ3v) is 7.01. The number of carbonyl (C=O) groups excluding carboxylic acids is 2. The largest absolute Gasteiger partial charge is 0.464 e. The standard InChI is InChI=1S/C25H22ClFN4O4S/c1-5-34-24(33)15(4)31(17-11-9-16(27)10-12-17)25-28-21(26)20(36-25)19(32)23-29-22(30-35-23)18-8-6-7-13(2)14(18)3/h6-12,15H,5H2,1-4H3. The van der Waals surface area contributed by atoms with Crippen molar-refractivity contribution in [2.24, 2.45) is 0 Å². The molecule has 0 fully saturated rings. The number of nitrogens with zero attached hydrogens (tertiary/aromatic N) is 4. The minimum Gasteiger partial charge on any atom is -0.464 e. The first kappa shape index (κ1) is 25.5. The molecule has 8 nitrogen and oxygen atoms in total. The summed E-state index contributed by atoms with van der Waals surface area (Å²) in [5.74, 6) is -1.52. The van der Waals surface area contributed by atoms with Gasteiger partial charge in [0.15, 0.2) is 10.3 Å². The Bertz CT molecular complexity index is 1420. The number of esters is 1. The Kier molecular flexibility index (Phi) is 7.46. The number of rotatable bonds is 8. The van der Waals surface area contributed by atoms with E-state index in [1.807, 2.05) is 32.0 Å². The molecule has 36 heavy (non-hydrogen) atoms. The zero-order valence-corrected chi connectivity index (χ0v) is 21.5. The van der Waals surface area contributed by atoms with Gasteiger partial charge in [0.2, 0.25) is 5.82 Å². The van der Waals surface area contributed by atoms with Gasteiger partial charge in [-0.3, -0.25) is 4.79 Å². The molecule has 1 unspecified atom stereocenters. The number of anilines is 2. The number of ketones is 1. The molecule has 0 amide bonds. The predicted molar refractivity (Wildman–Crippen MR) is 134 cm³/mol. The van der Waals surface area contributed by atoms with Gasteiger partial charge in [0, 0.05) is 11.3 Å². The highest BCUT2D eigenvalue weighted by Gasteiger charge is 2.31. The van der Waals surface area contributed by atoms with Gasteiger partial charge in [-0.25, -0.2) is 14.2 Å². The molecule has 2 heterocycles. The summed E-state index contributed by atoms with van der Waals surface area (Å²) in [5, 5.41) is 4.11. The number of aromatic nitrogens is 3. The highest BCUT2D eigenvalue weighted by Crippen LogP contribution is 2.37. The normalized spacial score (nSPS) is 11.8. The third-order valence-electron chi connectivity index (χ3n) is 5.57. The highest BCUT2D eigenvalue weighted by molar-refractivity contribution is 7.18. The average molecular weight is 529 g/mol. The highest BCUT2D eigenvalue weighted by atomic mass is 35.5. The Balaban J connectivity index is 1.70. The molecule has 0 aliphatic carbocycles. The molecule has 1 atom stereocenters. The third kappa shape index (κ3) is 5.00. The van der Waals surface area contributed by atoms with Crippen LogP contribution in [0.15, 0.2) is 47.0 Å². The molecule has 0 spiro atoms. The molecule has 4 aromatic rings. The molecular formula is C25H22ClFN4O4S. The van der Waals surface area contributed by atoms with Crippen molar-refractivity contribution in [1.82, 2.24) is 15.1 Å². The molecule has 11 heteroatoms. The van der Waals surface area contributed by atoms with Crippen LogP contribution >= 0.6 is 22.9 Å². The maximum absolute atomic E-state index is 13.6. The lowest BCUT2D eigenvalue weighted by molar-refractivity contribution is -0.144. The average Bonchev–Trinajstić information content (AvgIpc) is 3.49. The summed E-state index contributed by atoms with van der Waals surface area (Å²) in [6, 6.07) is 10.4. The van der Waals surface area contributed by atoms with Crippen molar-refractivity contribution in [2.45, 2.75) is 33.7 Å². The number of ether oxygens (including phenoxy) is 1. The topological polar surface area (TPSA) is 98.4 Å². The molecule has 0 bridgehead atoms. The van der Waals surface area contributed by atoms with Gasteiger partial charge in [-0.1, -0.05) is 46.3 Å². The van der Waals surface area contributed by atoms with E-state index < -0.39 is 23.6 Å². The van der Waals surface area contributed by atoms with Gasteiger partial charge in [-0.2, -0.15) is 4.98 Å². The van der Waals surface area contributed by atoms with Crippen LogP contribution in [0, 0.1) is 19.7 Å². The van der Waals surface area contributed by atoms with Crippen LogP contribution in [0.2, 0.25) is 5.15 Å². The first-order chi connectivity index (χ1) is 17.2. The molecule has 0 saturated heterocycles. The molecule has 2 aromatic heterocycles. The van der Waals surface area contributed by atoms with Crippen LogP contribution in [0.25, 0.3) is 11.4 Å². The smallest absolute Gasteiger partial charge is 0.328 e. The zero-order valence-electron chi connectivity index (χ0n) is 19.9. The second-order valence-corrected chi connectivity index (χ2v) is 9.23. The Morgan fingerprint density at radius 2 is 1.89 bits per heavy atom. The van der Waals surface area contributed by atoms with Crippen molar-refractivity contribution in [3.8, 4) is 11.4 Å². The number of aryl methyl sites for hydroxylation is 1. The van der Waals surface area contributed by atoms with E-state index >= 15 is 0 Å². The molecule has 0 radical (unpaired) electrons. The van der Waals surface area contributed by atoms with E-state index in [1.54, 1.807) is 13.8 Å². The van der Waals surface area contributed by atoms with E-state index in [0.717, 1.165) is 28.0 Å². The number of carbonyl (C=O) groups is 2. The van der Waals surface area contributed by atoms with E-state index in [-0.39, 0.29) is 33.5 Å². The number of thiazole rings is 1. The molecular weight excluding hydrogens is 507 g/mol. The van der Waals surface area contributed by atoms with Crippen LogP contribution in [-0.4, -0.2) is 39.5 Å². The van der Waals surface area contributed by atoms with Crippen LogP contribution in [0.3, 0.4) is 0 Å². The van der Waals surface area contributed by atoms with E-state index in [4.69, 9.17) is 20.9 Å². The van der Waals surface area contributed by atoms with E-state index in [9.17, 15) is 14.0 Å². The summed E-state index contributed by atoms with van der Waals surface area (Å²) in [6.07, 6.45) is 0. The van der Waals surface area contributed by atoms with Gasteiger partial charge in [0.1, 0.15) is 16.7 Å². The van der Waals surface area contributed by atoms with Gasteiger partial charge in [-0.15, -0.1) is 0 Å². The number of hydrogen-bond donors (Lipinski definition) is 0. The van der Waals surface area contributed by atoms with Crippen LogP contribution in [0.5, 0.6) is 0 Å². The summed E-state index contributed by atoms with van der Waals surface area (Å²) in [6.45, 7) is 7.40. The minimum atomic E-state index is -0.833. The Hall–Kier alpha value is -3.63. The fourth-order valence-electron chi connectivity index (χ4n) is 3.52. The first-order valence-corrected chi connectivity index (χ1v) is 12.2. The monoisotopic (exact) mass is 528 g/mol. The number of benzene rings is 2. The van der Waals surface area contributed by atoms with Gasteiger partial charge >= 0.3 is 5.97 Å². The lowest BCUT2D eigenvalue weighted by Gasteiger charge is -2.27. The van der Waals surface area contributed by atoms with Crippen molar-refractivity contribution in [2.75, 3.05) is 11.5 Å². The Labute approximate surface area is 215 Å². The van der Waals surface area contributed by atoms with Crippen LogP contribution < -0.4 is 4.90 Å². The lowest BCUT2D eigenvalue weighted by atomic mass is 10.0. The SMILES string of the molecule is CCOC(=O)C(C)N(c1ccc(F)cc1)c1nc(Cl)c(C(=O)c2nc(-c3cccc(C)c3C)no2)s1. The summed E-state index contributed by atoms with van der Waals surface area (Å²) in [4.78, 5) is 35.9.